The zero-order valence-electron chi connectivity index (χ0n) is 26.5. The third-order valence-corrected chi connectivity index (χ3v) is 9.68. The number of nitrogens with zero attached hydrogens (tertiary/aromatic N) is 2. The maximum atomic E-state index is 13.1. The van der Waals surface area contributed by atoms with Crippen LogP contribution in [0.5, 0.6) is 5.75 Å². The topological polar surface area (TPSA) is 69.6 Å². The van der Waals surface area contributed by atoms with Gasteiger partial charge >= 0.3 is 13.2 Å². The summed E-state index contributed by atoms with van der Waals surface area (Å²) in [6.45, 7) is 17.4. The second-order valence-electron chi connectivity index (χ2n) is 14.7. The lowest BCUT2D eigenvalue weighted by molar-refractivity contribution is 0.00578. The highest BCUT2D eigenvalue weighted by Gasteiger charge is 2.52. The summed E-state index contributed by atoms with van der Waals surface area (Å²) in [5.41, 5.74) is 6.32. The Morgan fingerprint density at radius 1 is 1.02 bits per heavy atom. The molecule has 0 spiro atoms. The number of hydrogen-bond acceptors (Lipinski definition) is 6. The molecule has 2 atom stereocenters. The Bertz CT molecular complexity index is 1670. The third-order valence-electron chi connectivity index (χ3n) is 9.68. The fourth-order valence-corrected chi connectivity index (χ4v) is 6.75. The van der Waals surface area contributed by atoms with Crippen LogP contribution in [0.2, 0.25) is 0 Å². The Hall–Kier alpha value is -3.36. The summed E-state index contributed by atoms with van der Waals surface area (Å²) in [6.07, 6.45) is 1.36. The quantitative estimate of drug-likeness (QED) is 0.306. The van der Waals surface area contributed by atoms with Crippen molar-refractivity contribution in [1.82, 2.24) is 4.90 Å². The van der Waals surface area contributed by atoms with Crippen molar-refractivity contribution >= 4 is 40.8 Å². The van der Waals surface area contributed by atoms with Crippen molar-refractivity contribution in [2.45, 2.75) is 97.7 Å². The molecule has 0 saturated carbocycles. The van der Waals surface area contributed by atoms with Gasteiger partial charge in [0.05, 0.1) is 22.9 Å². The summed E-state index contributed by atoms with van der Waals surface area (Å²) in [7, 11) is -0.404. The molecule has 7 nitrogen and oxygen atoms in total. The monoisotopic (exact) mass is 580 g/mol. The van der Waals surface area contributed by atoms with Crippen LogP contribution in [0.15, 0.2) is 47.5 Å². The molecule has 0 N–H and O–H groups in total. The Labute approximate surface area is 254 Å². The molecule has 43 heavy (non-hydrogen) atoms. The van der Waals surface area contributed by atoms with Crippen LogP contribution in [0, 0.1) is 5.92 Å². The van der Waals surface area contributed by atoms with E-state index in [0.29, 0.717) is 19.1 Å². The minimum Gasteiger partial charge on any atom is -0.488 e. The standard InChI is InChI=1S/C35H41BN2O5/c1-20-13-30(38(18-20)32(39)41-33(2,3)4)29-16-26-25-17-31-27(15-21(25)9-12-28(26)37-29)24-11-10-23(14-22(24)19-40-31)36-42-34(5,6)35(7,8)43-36/h9-12,14-15,17,20,30H,13,16,18-19H2,1-8H3/t20-,30-/m0/s1. The van der Waals surface area contributed by atoms with E-state index in [2.05, 4.69) is 77.1 Å². The zero-order valence-corrected chi connectivity index (χ0v) is 26.5. The fraction of sp³-hybridized carbons (Fsp3) is 0.486. The van der Waals surface area contributed by atoms with Gasteiger partial charge in [-0.2, -0.15) is 0 Å². The first-order chi connectivity index (χ1) is 20.2. The van der Waals surface area contributed by atoms with Crippen LogP contribution in [0.25, 0.3) is 21.9 Å². The van der Waals surface area contributed by atoms with Crippen LogP contribution in [0.4, 0.5) is 10.5 Å². The number of amides is 1. The van der Waals surface area contributed by atoms with Gasteiger partial charge in [0.2, 0.25) is 0 Å². The summed E-state index contributed by atoms with van der Waals surface area (Å²) in [5.74, 6) is 1.28. The molecule has 0 aromatic heterocycles. The minimum absolute atomic E-state index is 0.0498. The molecular weight excluding hydrogens is 539 g/mol. The van der Waals surface area contributed by atoms with E-state index < -0.39 is 12.7 Å². The van der Waals surface area contributed by atoms with Crippen LogP contribution in [-0.2, 0) is 27.1 Å². The summed E-state index contributed by atoms with van der Waals surface area (Å²) in [6, 6.07) is 15.1. The van der Waals surface area contributed by atoms with E-state index in [-0.39, 0.29) is 23.3 Å². The van der Waals surface area contributed by atoms with Gasteiger partial charge in [0, 0.05) is 24.2 Å². The number of likely N-dealkylation sites (tertiary alicyclic amines) is 1. The van der Waals surface area contributed by atoms with Gasteiger partial charge in [-0.1, -0.05) is 31.2 Å². The molecule has 0 aliphatic carbocycles. The van der Waals surface area contributed by atoms with Crippen molar-refractivity contribution in [2.24, 2.45) is 10.9 Å². The predicted octanol–water partition coefficient (Wildman–Crippen LogP) is 6.97. The summed E-state index contributed by atoms with van der Waals surface area (Å²) in [5, 5.41) is 2.31. The first-order valence-electron chi connectivity index (χ1n) is 15.5. The summed E-state index contributed by atoms with van der Waals surface area (Å²) in [4.78, 5) is 20.0. The SMILES string of the molecule is C[C@H]1C[C@@H](C2=Nc3ccc4cc5c(cc4c3C2)OCc2cc(B3OC(C)(C)C(C)(C)O3)ccc2-5)N(C(=O)OC(C)(C)C)C1. The zero-order chi connectivity index (χ0) is 30.5. The van der Waals surface area contributed by atoms with Gasteiger partial charge in [-0.3, -0.25) is 9.89 Å². The van der Waals surface area contributed by atoms with Crippen molar-refractivity contribution in [3.8, 4) is 16.9 Å². The van der Waals surface area contributed by atoms with Crippen LogP contribution in [0.1, 0.15) is 72.9 Å². The average molecular weight is 581 g/mol. The molecule has 0 bridgehead atoms. The number of fused-ring (bicyclic) bond motifs is 6. The Morgan fingerprint density at radius 2 is 1.77 bits per heavy atom. The highest BCUT2D eigenvalue weighted by molar-refractivity contribution is 6.62. The smallest absolute Gasteiger partial charge is 0.488 e. The molecule has 4 aliphatic rings. The lowest BCUT2D eigenvalue weighted by atomic mass is 9.77. The molecule has 1 amide bonds. The summed E-state index contributed by atoms with van der Waals surface area (Å²) < 4.78 is 24.7. The molecule has 3 aromatic rings. The Kier molecular flexibility index (Phi) is 6.33. The second-order valence-corrected chi connectivity index (χ2v) is 14.7. The molecule has 8 heteroatoms. The van der Waals surface area contributed by atoms with Crippen LogP contribution >= 0.6 is 0 Å². The molecule has 3 aromatic carbocycles. The molecule has 7 rings (SSSR count). The van der Waals surface area contributed by atoms with Gasteiger partial charge in [0.25, 0.3) is 0 Å². The first-order valence-corrected chi connectivity index (χ1v) is 15.5. The normalized spacial score (nSPS) is 23.5. The van der Waals surface area contributed by atoms with E-state index in [0.717, 1.165) is 57.4 Å². The lowest BCUT2D eigenvalue weighted by Gasteiger charge is -2.32. The molecular formula is C35H41BN2O5. The van der Waals surface area contributed by atoms with E-state index in [9.17, 15) is 4.79 Å². The van der Waals surface area contributed by atoms with Gasteiger partial charge in [-0.15, -0.1) is 0 Å². The number of benzene rings is 3. The number of ether oxygens (including phenoxy) is 2. The van der Waals surface area contributed by atoms with Crippen molar-refractivity contribution in [2.75, 3.05) is 6.54 Å². The number of carbonyl (C=O) groups excluding carboxylic acids is 1. The summed E-state index contributed by atoms with van der Waals surface area (Å²) >= 11 is 0. The number of aliphatic imine (C=N–C) groups is 1. The van der Waals surface area contributed by atoms with E-state index in [1.54, 1.807) is 0 Å². The Morgan fingerprint density at radius 3 is 2.49 bits per heavy atom. The van der Waals surface area contributed by atoms with Gasteiger partial charge in [0.15, 0.2) is 0 Å². The van der Waals surface area contributed by atoms with Crippen LogP contribution in [0.3, 0.4) is 0 Å². The number of carbonyl (C=O) groups is 1. The van der Waals surface area contributed by atoms with Crippen LogP contribution < -0.4 is 10.2 Å². The molecule has 0 radical (unpaired) electrons. The van der Waals surface area contributed by atoms with Gasteiger partial charge in [-0.05, 0) is 112 Å². The van der Waals surface area contributed by atoms with Crippen molar-refractivity contribution in [1.29, 1.82) is 0 Å². The lowest BCUT2D eigenvalue weighted by Crippen LogP contribution is -2.43. The number of hydrogen-bond donors (Lipinski definition) is 0. The molecule has 224 valence electrons. The Balaban J connectivity index is 1.17. The first kappa shape index (κ1) is 28.4. The number of rotatable bonds is 2. The minimum atomic E-state index is -0.532. The molecule has 4 aliphatic heterocycles. The second kappa shape index (κ2) is 9.57. The predicted molar refractivity (Wildman–Crippen MR) is 171 cm³/mol. The average Bonchev–Trinajstić information content (AvgIpc) is 3.59. The van der Waals surface area contributed by atoms with Gasteiger partial charge in [-0.25, -0.2) is 4.79 Å². The van der Waals surface area contributed by atoms with Crippen LogP contribution in [-0.4, -0.2) is 53.2 Å². The molecule has 4 heterocycles. The molecule has 2 saturated heterocycles. The maximum absolute atomic E-state index is 13.1. The van der Waals surface area contributed by atoms with E-state index in [1.165, 1.54) is 11.1 Å². The van der Waals surface area contributed by atoms with Crippen molar-refractivity contribution in [3.05, 3.63) is 53.6 Å². The van der Waals surface area contributed by atoms with Gasteiger partial charge in [0.1, 0.15) is 18.0 Å². The third kappa shape index (κ3) is 4.83. The van der Waals surface area contributed by atoms with E-state index in [4.69, 9.17) is 23.8 Å². The highest BCUT2D eigenvalue weighted by atomic mass is 16.7. The van der Waals surface area contributed by atoms with Crippen molar-refractivity contribution in [3.63, 3.8) is 0 Å². The largest absolute Gasteiger partial charge is 0.494 e. The van der Waals surface area contributed by atoms with E-state index in [1.807, 2.05) is 25.7 Å². The van der Waals surface area contributed by atoms with Crippen molar-refractivity contribution < 1.29 is 23.6 Å². The van der Waals surface area contributed by atoms with Gasteiger partial charge < -0.3 is 18.8 Å². The van der Waals surface area contributed by atoms with E-state index >= 15 is 0 Å². The maximum Gasteiger partial charge on any atom is 0.494 e. The molecule has 0 unspecified atom stereocenters. The highest BCUT2D eigenvalue weighted by Crippen LogP contribution is 2.44. The molecule has 2 fully saturated rings. The fourth-order valence-electron chi connectivity index (χ4n) is 6.75.